The maximum atomic E-state index is 5.83. The van der Waals surface area contributed by atoms with Gasteiger partial charge in [0.15, 0.2) is 0 Å². The maximum Gasteiger partial charge on any atom is 0.0406 e. The van der Waals surface area contributed by atoms with Crippen LogP contribution in [0.15, 0.2) is 24.3 Å². The zero-order valence-corrected chi connectivity index (χ0v) is 9.58. The first-order valence-electron chi connectivity index (χ1n) is 5.48. The second-order valence-electron chi connectivity index (χ2n) is 4.09. The number of benzene rings is 1. The second kappa shape index (κ2) is 4.97. The molecule has 0 spiro atoms. The molecular formula is C12H17ClN2. The molecule has 2 N–H and O–H groups in total. The van der Waals surface area contributed by atoms with Crippen molar-refractivity contribution >= 4 is 11.6 Å². The van der Waals surface area contributed by atoms with Crippen molar-refractivity contribution in [2.45, 2.75) is 18.9 Å². The van der Waals surface area contributed by atoms with Gasteiger partial charge in [-0.15, -0.1) is 0 Å². The quantitative estimate of drug-likeness (QED) is 0.847. The molecule has 0 aliphatic carbocycles. The minimum atomic E-state index is 0.623. The van der Waals surface area contributed by atoms with Crippen LogP contribution < -0.4 is 5.73 Å². The average Bonchev–Trinajstić information content (AvgIpc) is 2.20. The predicted octanol–water partition coefficient (Wildman–Crippen LogP) is 1.92. The van der Waals surface area contributed by atoms with Crippen LogP contribution in [0.1, 0.15) is 12.0 Å². The monoisotopic (exact) mass is 224 g/mol. The van der Waals surface area contributed by atoms with Crippen LogP contribution in [0, 0.1) is 0 Å². The van der Waals surface area contributed by atoms with Crippen LogP contribution in [0.4, 0.5) is 0 Å². The van der Waals surface area contributed by atoms with Gasteiger partial charge in [0, 0.05) is 30.7 Å². The second-order valence-corrected chi connectivity index (χ2v) is 4.53. The summed E-state index contributed by atoms with van der Waals surface area (Å²) in [6, 6.07) is 8.72. The Morgan fingerprint density at radius 1 is 1.33 bits per heavy atom. The normalized spacial score (nSPS) is 21.3. The fourth-order valence-corrected chi connectivity index (χ4v) is 2.11. The molecule has 0 radical (unpaired) electrons. The first-order valence-corrected chi connectivity index (χ1v) is 5.86. The Labute approximate surface area is 96.0 Å². The van der Waals surface area contributed by atoms with E-state index in [9.17, 15) is 0 Å². The standard InChI is InChI=1S/C12H17ClN2/c13-11-3-1-10(2-4-11)5-7-15-8-6-12(15)9-14/h1-4,12H,5-9,14H2. The number of nitrogens with two attached hydrogens (primary N) is 1. The van der Waals surface area contributed by atoms with Crippen LogP contribution in [-0.2, 0) is 6.42 Å². The largest absolute Gasteiger partial charge is 0.329 e. The van der Waals surface area contributed by atoms with Crippen molar-refractivity contribution in [2.24, 2.45) is 5.73 Å². The molecule has 2 rings (SSSR count). The van der Waals surface area contributed by atoms with Gasteiger partial charge in [0.2, 0.25) is 0 Å². The molecule has 0 saturated carbocycles. The summed E-state index contributed by atoms with van der Waals surface area (Å²) in [5.41, 5.74) is 7.00. The molecule has 1 heterocycles. The molecule has 1 aromatic carbocycles. The summed E-state index contributed by atoms with van der Waals surface area (Å²) in [4.78, 5) is 2.45. The van der Waals surface area contributed by atoms with Gasteiger partial charge in [-0.25, -0.2) is 0 Å². The lowest BCUT2D eigenvalue weighted by atomic mass is 10.0. The molecule has 3 heteroatoms. The zero-order chi connectivity index (χ0) is 10.7. The molecule has 1 saturated heterocycles. The van der Waals surface area contributed by atoms with Crippen LogP contribution in [0.2, 0.25) is 5.02 Å². The summed E-state index contributed by atoms with van der Waals surface area (Å²) < 4.78 is 0. The van der Waals surface area contributed by atoms with E-state index in [4.69, 9.17) is 17.3 Å². The zero-order valence-electron chi connectivity index (χ0n) is 8.82. The molecule has 1 unspecified atom stereocenters. The van der Waals surface area contributed by atoms with E-state index >= 15 is 0 Å². The summed E-state index contributed by atoms with van der Waals surface area (Å²) in [5.74, 6) is 0. The molecule has 0 bridgehead atoms. The minimum absolute atomic E-state index is 0.623. The van der Waals surface area contributed by atoms with E-state index in [2.05, 4.69) is 17.0 Å². The molecule has 15 heavy (non-hydrogen) atoms. The molecular weight excluding hydrogens is 208 g/mol. The molecule has 1 atom stereocenters. The lowest BCUT2D eigenvalue weighted by molar-refractivity contribution is 0.0986. The van der Waals surface area contributed by atoms with Crippen LogP contribution in [0.25, 0.3) is 0 Å². The van der Waals surface area contributed by atoms with E-state index in [1.54, 1.807) is 0 Å². The summed E-state index contributed by atoms with van der Waals surface area (Å²) in [6.45, 7) is 3.11. The number of rotatable bonds is 4. The Bertz CT molecular complexity index is 308. The third-order valence-corrected chi connectivity index (χ3v) is 3.39. The van der Waals surface area contributed by atoms with Crippen LogP contribution in [-0.4, -0.2) is 30.6 Å². The highest BCUT2D eigenvalue weighted by molar-refractivity contribution is 6.30. The van der Waals surface area contributed by atoms with Crippen LogP contribution >= 0.6 is 11.6 Å². The van der Waals surface area contributed by atoms with Crippen molar-refractivity contribution in [1.29, 1.82) is 0 Å². The molecule has 82 valence electrons. The van der Waals surface area contributed by atoms with E-state index in [0.29, 0.717) is 6.04 Å². The lowest BCUT2D eigenvalue weighted by Gasteiger charge is -2.40. The summed E-state index contributed by atoms with van der Waals surface area (Å²) >= 11 is 5.83. The van der Waals surface area contributed by atoms with Crippen molar-refractivity contribution in [1.82, 2.24) is 4.90 Å². The Kier molecular flexibility index (Phi) is 3.62. The molecule has 2 nitrogen and oxygen atoms in total. The molecule has 1 aromatic rings. The van der Waals surface area contributed by atoms with Crippen LogP contribution in [0.3, 0.4) is 0 Å². The first kappa shape index (κ1) is 10.9. The Balaban J connectivity index is 1.80. The topological polar surface area (TPSA) is 29.3 Å². The van der Waals surface area contributed by atoms with Gasteiger partial charge in [0.25, 0.3) is 0 Å². The average molecular weight is 225 g/mol. The van der Waals surface area contributed by atoms with E-state index in [1.165, 1.54) is 18.5 Å². The van der Waals surface area contributed by atoms with Crippen molar-refractivity contribution in [3.8, 4) is 0 Å². The minimum Gasteiger partial charge on any atom is -0.329 e. The molecule has 0 aromatic heterocycles. The van der Waals surface area contributed by atoms with Gasteiger partial charge in [-0.2, -0.15) is 0 Å². The van der Waals surface area contributed by atoms with E-state index in [1.807, 2.05) is 12.1 Å². The molecule has 1 fully saturated rings. The summed E-state index contributed by atoms with van der Waals surface area (Å²) in [6.07, 6.45) is 2.35. The Morgan fingerprint density at radius 2 is 2.07 bits per heavy atom. The van der Waals surface area contributed by atoms with Crippen molar-refractivity contribution < 1.29 is 0 Å². The van der Waals surface area contributed by atoms with Gasteiger partial charge < -0.3 is 5.73 Å². The molecule has 0 amide bonds. The lowest BCUT2D eigenvalue weighted by Crippen LogP contribution is -2.52. The first-order chi connectivity index (χ1) is 7.29. The fourth-order valence-electron chi connectivity index (χ4n) is 1.98. The fraction of sp³-hybridized carbons (Fsp3) is 0.500. The number of hydrogen-bond acceptors (Lipinski definition) is 2. The number of halogens is 1. The maximum absolute atomic E-state index is 5.83. The van der Waals surface area contributed by atoms with Gasteiger partial charge in [0.1, 0.15) is 0 Å². The number of nitrogens with zero attached hydrogens (tertiary/aromatic N) is 1. The van der Waals surface area contributed by atoms with E-state index in [0.717, 1.165) is 24.5 Å². The van der Waals surface area contributed by atoms with Crippen molar-refractivity contribution in [3.05, 3.63) is 34.9 Å². The van der Waals surface area contributed by atoms with Crippen molar-refractivity contribution in [2.75, 3.05) is 19.6 Å². The molecule has 1 aliphatic heterocycles. The third kappa shape index (κ3) is 2.71. The molecule has 1 aliphatic rings. The summed E-state index contributed by atoms with van der Waals surface area (Å²) in [5, 5.41) is 0.808. The van der Waals surface area contributed by atoms with Crippen molar-refractivity contribution in [3.63, 3.8) is 0 Å². The Hall–Kier alpha value is -0.570. The van der Waals surface area contributed by atoms with Gasteiger partial charge in [-0.05, 0) is 30.5 Å². The highest BCUT2D eigenvalue weighted by atomic mass is 35.5. The van der Waals surface area contributed by atoms with Gasteiger partial charge in [-0.3, -0.25) is 4.90 Å². The Morgan fingerprint density at radius 3 is 2.60 bits per heavy atom. The SMILES string of the molecule is NCC1CCN1CCc1ccc(Cl)cc1. The number of hydrogen-bond donors (Lipinski definition) is 1. The highest BCUT2D eigenvalue weighted by Crippen LogP contribution is 2.17. The third-order valence-electron chi connectivity index (χ3n) is 3.14. The predicted molar refractivity (Wildman–Crippen MR) is 64.2 cm³/mol. The van der Waals surface area contributed by atoms with Gasteiger partial charge in [0.05, 0.1) is 0 Å². The van der Waals surface area contributed by atoms with Crippen LogP contribution in [0.5, 0.6) is 0 Å². The van der Waals surface area contributed by atoms with E-state index < -0.39 is 0 Å². The smallest absolute Gasteiger partial charge is 0.0406 e. The van der Waals surface area contributed by atoms with Gasteiger partial charge >= 0.3 is 0 Å². The van der Waals surface area contributed by atoms with Gasteiger partial charge in [-0.1, -0.05) is 23.7 Å². The summed E-state index contributed by atoms with van der Waals surface area (Å²) in [7, 11) is 0. The highest BCUT2D eigenvalue weighted by Gasteiger charge is 2.25. The van der Waals surface area contributed by atoms with E-state index in [-0.39, 0.29) is 0 Å². The number of likely N-dealkylation sites (tertiary alicyclic amines) is 1.